The first-order valence-corrected chi connectivity index (χ1v) is 7.09. The summed E-state index contributed by atoms with van der Waals surface area (Å²) in [6.07, 6.45) is 4.81. The first kappa shape index (κ1) is 14.1. The molecule has 0 saturated carbocycles. The fourth-order valence-electron chi connectivity index (χ4n) is 2.57. The normalized spacial score (nSPS) is 20.3. The third-order valence-electron chi connectivity index (χ3n) is 3.47. The summed E-state index contributed by atoms with van der Waals surface area (Å²) in [5.74, 6) is 0.246. The number of carbonyl (C=O) groups excluding carboxylic acids is 1. The second-order valence-corrected chi connectivity index (χ2v) is 5.57. The minimum atomic E-state index is -0.00233. The Balaban J connectivity index is 1.87. The summed E-state index contributed by atoms with van der Waals surface area (Å²) in [6, 6.07) is 2.36. The maximum atomic E-state index is 12.3. The zero-order chi connectivity index (χ0) is 13.8. The highest BCUT2D eigenvalue weighted by Gasteiger charge is 2.28. The van der Waals surface area contributed by atoms with Gasteiger partial charge in [-0.25, -0.2) is 0 Å². The molecule has 0 aliphatic carbocycles. The third-order valence-corrected chi connectivity index (χ3v) is 3.47. The van der Waals surface area contributed by atoms with E-state index in [9.17, 15) is 4.79 Å². The van der Waals surface area contributed by atoms with E-state index in [0.29, 0.717) is 6.04 Å². The summed E-state index contributed by atoms with van der Waals surface area (Å²) in [5.41, 5.74) is 1.05. The van der Waals surface area contributed by atoms with Crippen LogP contribution in [0.25, 0.3) is 0 Å². The number of nitrogens with one attached hydrogen (secondary N) is 1. The minimum absolute atomic E-state index is 0.00233. The smallest absolute Gasteiger partial charge is 0.239 e. The van der Waals surface area contributed by atoms with E-state index >= 15 is 0 Å². The summed E-state index contributed by atoms with van der Waals surface area (Å²) in [7, 11) is 1.91. The van der Waals surface area contributed by atoms with Crippen molar-refractivity contribution in [2.24, 2.45) is 7.05 Å². The maximum Gasteiger partial charge on any atom is 0.239 e. The monoisotopic (exact) mass is 264 g/mol. The number of nitrogens with zero attached hydrogens (tertiary/aromatic N) is 3. The molecule has 1 saturated heterocycles. The van der Waals surface area contributed by atoms with Gasteiger partial charge in [-0.2, -0.15) is 5.10 Å². The topological polar surface area (TPSA) is 50.2 Å². The van der Waals surface area contributed by atoms with Crippen molar-refractivity contribution in [3.63, 3.8) is 0 Å². The number of hydrogen-bond donors (Lipinski definition) is 1. The molecule has 0 spiro atoms. The molecule has 2 rings (SSSR count). The average Bonchev–Trinajstić information content (AvgIpc) is 2.76. The summed E-state index contributed by atoms with van der Waals surface area (Å²) in [4.78, 5) is 14.3. The van der Waals surface area contributed by atoms with Crippen molar-refractivity contribution in [1.82, 2.24) is 20.0 Å². The zero-order valence-corrected chi connectivity index (χ0v) is 12.1. The van der Waals surface area contributed by atoms with Gasteiger partial charge in [0.2, 0.25) is 5.91 Å². The van der Waals surface area contributed by atoms with Gasteiger partial charge >= 0.3 is 0 Å². The van der Waals surface area contributed by atoms with Gasteiger partial charge in [0, 0.05) is 38.8 Å². The maximum absolute atomic E-state index is 12.3. The fourth-order valence-corrected chi connectivity index (χ4v) is 2.57. The molecule has 1 atom stereocenters. The Labute approximate surface area is 115 Å². The number of aryl methyl sites for hydroxylation is 1. The quantitative estimate of drug-likeness (QED) is 0.861. The Hall–Kier alpha value is -1.36. The number of piperidine rings is 1. The van der Waals surface area contributed by atoms with E-state index in [1.54, 1.807) is 4.68 Å². The summed E-state index contributed by atoms with van der Waals surface area (Å²) >= 11 is 0. The van der Waals surface area contributed by atoms with Crippen LogP contribution in [0.4, 0.5) is 0 Å². The van der Waals surface area contributed by atoms with Crippen molar-refractivity contribution in [2.45, 2.75) is 45.2 Å². The standard InChI is InChI=1S/C14H24N4O/c1-11(2)15-13-5-4-8-18(14(13)19)10-7-12-6-9-17(3)16-12/h6,9,11,13,15H,4-5,7-8,10H2,1-3H3. The highest BCUT2D eigenvalue weighted by Crippen LogP contribution is 2.13. The molecule has 1 unspecified atom stereocenters. The second-order valence-electron chi connectivity index (χ2n) is 5.57. The van der Waals surface area contributed by atoms with Crippen molar-refractivity contribution in [2.75, 3.05) is 13.1 Å². The first-order chi connectivity index (χ1) is 9.06. The molecule has 1 amide bonds. The Morgan fingerprint density at radius 1 is 1.53 bits per heavy atom. The molecular weight excluding hydrogens is 240 g/mol. The van der Waals surface area contributed by atoms with Gasteiger partial charge in [-0.3, -0.25) is 9.48 Å². The van der Waals surface area contributed by atoms with Gasteiger partial charge in [0.15, 0.2) is 0 Å². The van der Waals surface area contributed by atoms with Gasteiger partial charge in [-0.1, -0.05) is 13.8 Å². The Morgan fingerprint density at radius 2 is 2.32 bits per heavy atom. The number of hydrogen-bond acceptors (Lipinski definition) is 3. The van der Waals surface area contributed by atoms with Crippen LogP contribution in [-0.4, -0.2) is 45.8 Å². The zero-order valence-electron chi connectivity index (χ0n) is 12.1. The number of likely N-dealkylation sites (tertiary alicyclic amines) is 1. The van der Waals surface area contributed by atoms with Gasteiger partial charge in [0.1, 0.15) is 0 Å². The minimum Gasteiger partial charge on any atom is -0.341 e. The summed E-state index contributed by atoms with van der Waals surface area (Å²) in [6.45, 7) is 5.81. The van der Waals surface area contributed by atoms with Crippen LogP contribution in [0.3, 0.4) is 0 Å². The highest BCUT2D eigenvalue weighted by molar-refractivity contribution is 5.82. The molecule has 2 heterocycles. The number of carbonyl (C=O) groups is 1. The molecule has 0 bridgehead atoms. The first-order valence-electron chi connectivity index (χ1n) is 7.09. The molecule has 1 aromatic rings. The van der Waals surface area contributed by atoms with Crippen LogP contribution in [0.2, 0.25) is 0 Å². The van der Waals surface area contributed by atoms with Crippen LogP contribution in [0.15, 0.2) is 12.3 Å². The van der Waals surface area contributed by atoms with Gasteiger partial charge in [-0.15, -0.1) is 0 Å². The lowest BCUT2D eigenvalue weighted by atomic mass is 10.0. The van der Waals surface area contributed by atoms with E-state index in [0.717, 1.165) is 38.0 Å². The van der Waals surface area contributed by atoms with Gasteiger partial charge in [-0.05, 0) is 18.9 Å². The molecule has 0 radical (unpaired) electrons. The largest absolute Gasteiger partial charge is 0.341 e. The van der Waals surface area contributed by atoms with E-state index in [2.05, 4.69) is 24.3 Å². The Kier molecular flexibility index (Phi) is 4.58. The van der Waals surface area contributed by atoms with E-state index in [-0.39, 0.29) is 11.9 Å². The molecule has 5 nitrogen and oxygen atoms in total. The van der Waals surface area contributed by atoms with Crippen molar-refractivity contribution in [3.05, 3.63) is 18.0 Å². The van der Waals surface area contributed by atoms with Crippen LogP contribution in [0.1, 0.15) is 32.4 Å². The molecule has 1 aromatic heterocycles. The molecule has 1 aliphatic rings. The Morgan fingerprint density at radius 3 is 2.95 bits per heavy atom. The van der Waals surface area contributed by atoms with Crippen LogP contribution in [-0.2, 0) is 18.3 Å². The Bertz CT molecular complexity index is 427. The molecule has 106 valence electrons. The van der Waals surface area contributed by atoms with Crippen LogP contribution in [0, 0.1) is 0 Å². The van der Waals surface area contributed by atoms with Crippen molar-refractivity contribution < 1.29 is 4.79 Å². The molecule has 5 heteroatoms. The lowest BCUT2D eigenvalue weighted by Gasteiger charge is -2.33. The number of rotatable bonds is 5. The van der Waals surface area contributed by atoms with Crippen molar-refractivity contribution >= 4 is 5.91 Å². The highest BCUT2D eigenvalue weighted by atomic mass is 16.2. The van der Waals surface area contributed by atoms with Crippen LogP contribution in [0.5, 0.6) is 0 Å². The summed E-state index contributed by atoms with van der Waals surface area (Å²) < 4.78 is 1.80. The van der Waals surface area contributed by atoms with Gasteiger partial charge < -0.3 is 10.2 Å². The van der Waals surface area contributed by atoms with Crippen LogP contribution < -0.4 is 5.32 Å². The van der Waals surface area contributed by atoms with Crippen molar-refractivity contribution in [1.29, 1.82) is 0 Å². The van der Waals surface area contributed by atoms with E-state index in [1.165, 1.54) is 0 Å². The number of aromatic nitrogens is 2. The van der Waals surface area contributed by atoms with E-state index in [4.69, 9.17) is 0 Å². The molecular formula is C14H24N4O. The predicted molar refractivity (Wildman–Crippen MR) is 74.8 cm³/mol. The second kappa shape index (κ2) is 6.19. The molecule has 1 aliphatic heterocycles. The molecule has 1 N–H and O–H groups in total. The lowest BCUT2D eigenvalue weighted by molar-refractivity contribution is -0.136. The fraction of sp³-hybridized carbons (Fsp3) is 0.714. The average molecular weight is 264 g/mol. The lowest BCUT2D eigenvalue weighted by Crippen LogP contribution is -2.52. The molecule has 0 aromatic carbocycles. The van der Waals surface area contributed by atoms with Gasteiger partial charge in [0.25, 0.3) is 0 Å². The third kappa shape index (κ3) is 3.80. The van der Waals surface area contributed by atoms with E-state index < -0.39 is 0 Å². The van der Waals surface area contributed by atoms with Crippen molar-refractivity contribution in [3.8, 4) is 0 Å². The molecule has 19 heavy (non-hydrogen) atoms. The summed E-state index contributed by atoms with van der Waals surface area (Å²) in [5, 5.41) is 7.70. The SMILES string of the molecule is CC(C)NC1CCCN(CCc2ccn(C)n2)C1=O. The van der Waals surface area contributed by atoms with Crippen LogP contribution >= 0.6 is 0 Å². The van der Waals surface area contributed by atoms with E-state index in [1.807, 2.05) is 24.2 Å². The molecule has 1 fully saturated rings. The predicted octanol–water partition coefficient (Wildman–Crippen LogP) is 0.952. The number of amides is 1. The van der Waals surface area contributed by atoms with Gasteiger partial charge in [0.05, 0.1) is 11.7 Å².